The summed E-state index contributed by atoms with van der Waals surface area (Å²) < 4.78 is 1.47. The van der Waals surface area contributed by atoms with E-state index in [0.29, 0.717) is 28.5 Å². The number of benzene rings is 3. The summed E-state index contributed by atoms with van der Waals surface area (Å²) in [6, 6.07) is 21.2. The Labute approximate surface area is 216 Å². The summed E-state index contributed by atoms with van der Waals surface area (Å²) >= 11 is 6.16. The average molecular weight is 513 g/mol. The molecule has 0 aliphatic rings. The number of hydrogen-bond donors (Lipinski definition) is 3. The van der Waals surface area contributed by atoms with Gasteiger partial charge in [-0.2, -0.15) is 9.78 Å². The minimum atomic E-state index is -0.853. The molecule has 184 valence electrons. The molecule has 2 aromatic heterocycles. The van der Waals surface area contributed by atoms with Crippen molar-refractivity contribution in [3.63, 3.8) is 0 Å². The lowest BCUT2D eigenvalue weighted by Gasteiger charge is -2.17. The van der Waals surface area contributed by atoms with Crippen molar-refractivity contribution in [3.8, 4) is 5.69 Å². The normalized spacial score (nSPS) is 12.0. The van der Waals surface area contributed by atoms with Gasteiger partial charge in [0.05, 0.1) is 11.2 Å². The van der Waals surface area contributed by atoms with Crippen LogP contribution in [-0.2, 0) is 16.0 Å². The molecular weight excluding hydrogens is 492 g/mol. The van der Waals surface area contributed by atoms with E-state index in [2.05, 4.69) is 36.4 Å². The molecule has 0 radical (unpaired) electrons. The van der Waals surface area contributed by atoms with Crippen LogP contribution in [-0.4, -0.2) is 48.3 Å². The highest BCUT2D eigenvalue weighted by Crippen LogP contribution is 2.21. The Morgan fingerprint density at radius 1 is 1.05 bits per heavy atom. The molecule has 0 bridgehead atoms. The number of aromatic amines is 1. The smallest absolute Gasteiger partial charge is 0.248 e. The van der Waals surface area contributed by atoms with Crippen LogP contribution in [0.1, 0.15) is 11.1 Å². The van der Waals surface area contributed by atoms with E-state index in [0.717, 1.165) is 16.5 Å². The van der Waals surface area contributed by atoms with Gasteiger partial charge in [0.1, 0.15) is 12.4 Å². The first kappa shape index (κ1) is 23.9. The van der Waals surface area contributed by atoms with Crippen molar-refractivity contribution in [2.24, 2.45) is 0 Å². The van der Waals surface area contributed by atoms with Crippen molar-refractivity contribution < 1.29 is 9.59 Å². The van der Waals surface area contributed by atoms with E-state index in [1.165, 1.54) is 17.1 Å². The fourth-order valence-corrected chi connectivity index (χ4v) is 4.03. The number of fused-ring (bicyclic) bond motifs is 1. The average Bonchev–Trinajstić information content (AvgIpc) is 3.59. The first-order valence-corrected chi connectivity index (χ1v) is 11.7. The zero-order chi connectivity index (χ0) is 25.6. The topological polar surface area (TPSA) is 130 Å². The number of para-hydroxylation sites is 1. The van der Waals surface area contributed by atoms with Crippen molar-refractivity contribution in [3.05, 3.63) is 101 Å². The molecule has 5 aromatic rings. The molecular formula is C26H21ClN8O2. The Hall–Kier alpha value is -4.83. The van der Waals surface area contributed by atoms with Gasteiger partial charge in [0, 0.05) is 28.5 Å². The lowest BCUT2D eigenvalue weighted by Crippen LogP contribution is -2.44. The number of aromatic nitrogens is 6. The SMILES string of the molecule is O=C(/C=C/c1cc(Cl)ccc1-n1cnnn1)NC(Cc1ccccc1)C(=O)Nc1n[nH]c2ccccc12. The third kappa shape index (κ3) is 5.71. The number of nitrogens with zero attached hydrogens (tertiary/aromatic N) is 5. The molecule has 5 rings (SSSR count). The molecule has 2 amide bonds. The second-order valence-corrected chi connectivity index (χ2v) is 8.59. The predicted octanol–water partition coefficient (Wildman–Crippen LogP) is 3.57. The number of amides is 2. The highest BCUT2D eigenvalue weighted by molar-refractivity contribution is 6.30. The fourth-order valence-electron chi connectivity index (χ4n) is 3.85. The number of nitrogens with one attached hydrogen (secondary N) is 3. The van der Waals surface area contributed by atoms with Gasteiger partial charge in [-0.1, -0.05) is 54.1 Å². The summed E-state index contributed by atoms with van der Waals surface area (Å²) in [5.74, 6) is -0.445. The second kappa shape index (κ2) is 10.8. The first-order valence-electron chi connectivity index (χ1n) is 11.4. The molecule has 11 heteroatoms. The number of tetrazole rings is 1. The quantitative estimate of drug-likeness (QED) is 0.272. The van der Waals surface area contributed by atoms with E-state index in [1.807, 2.05) is 54.6 Å². The van der Waals surface area contributed by atoms with Crippen LogP contribution in [0, 0.1) is 0 Å². The molecule has 1 atom stereocenters. The molecule has 0 spiro atoms. The van der Waals surface area contributed by atoms with Crippen LogP contribution >= 0.6 is 11.6 Å². The van der Waals surface area contributed by atoms with Crippen molar-refractivity contribution in [2.45, 2.75) is 12.5 Å². The summed E-state index contributed by atoms with van der Waals surface area (Å²) in [6.45, 7) is 0. The first-order chi connectivity index (χ1) is 18.1. The highest BCUT2D eigenvalue weighted by Gasteiger charge is 2.22. The molecule has 0 aliphatic carbocycles. The Kier molecular flexibility index (Phi) is 7.00. The summed E-state index contributed by atoms with van der Waals surface area (Å²) in [5, 5.41) is 25.2. The van der Waals surface area contributed by atoms with Crippen molar-refractivity contribution >= 4 is 46.2 Å². The van der Waals surface area contributed by atoms with E-state index >= 15 is 0 Å². The van der Waals surface area contributed by atoms with Gasteiger partial charge in [0.2, 0.25) is 11.8 Å². The minimum absolute atomic E-state index is 0.293. The van der Waals surface area contributed by atoms with Gasteiger partial charge in [-0.15, -0.1) is 5.10 Å². The van der Waals surface area contributed by atoms with E-state index in [4.69, 9.17) is 11.6 Å². The van der Waals surface area contributed by atoms with Gasteiger partial charge in [-0.05, 0) is 52.4 Å². The van der Waals surface area contributed by atoms with Crippen molar-refractivity contribution in [1.29, 1.82) is 0 Å². The van der Waals surface area contributed by atoms with Gasteiger partial charge >= 0.3 is 0 Å². The van der Waals surface area contributed by atoms with Crippen LogP contribution < -0.4 is 10.6 Å². The third-order valence-electron chi connectivity index (χ3n) is 5.63. The second-order valence-electron chi connectivity index (χ2n) is 8.15. The summed E-state index contributed by atoms with van der Waals surface area (Å²) in [6.07, 6.45) is 4.67. The van der Waals surface area contributed by atoms with E-state index in [9.17, 15) is 9.59 Å². The number of carbonyl (C=O) groups is 2. The van der Waals surface area contributed by atoms with Gasteiger partial charge < -0.3 is 10.6 Å². The lowest BCUT2D eigenvalue weighted by molar-refractivity contribution is -0.123. The maximum atomic E-state index is 13.3. The van der Waals surface area contributed by atoms with Gasteiger partial charge in [0.25, 0.3) is 0 Å². The molecule has 10 nitrogen and oxygen atoms in total. The molecule has 1 unspecified atom stereocenters. The molecule has 3 N–H and O–H groups in total. The number of hydrogen-bond acceptors (Lipinski definition) is 6. The number of halogens is 1. The number of carbonyl (C=O) groups excluding carboxylic acids is 2. The summed E-state index contributed by atoms with van der Waals surface area (Å²) in [4.78, 5) is 26.2. The van der Waals surface area contributed by atoms with Crippen LogP contribution in [0.5, 0.6) is 0 Å². The molecule has 37 heavy (non-hydrogen) atoms. The predicted molar refractivity (Wildman–Crippen MR) is 140 cm³/mol. The van der Waals surface area contributed by atoms with Gasteiger partial charge in [0.15, 0.2) is 5.82 Å². The van der Waals surface area contributed by atoms with E-state index < -0.39 is 11.9 Å². The van der Waals surface area contributed by atoms with Crippen LogP contribution in [0.4, 0.5) is 5.82 Å². The molecule has 2 heterocycles. The van der Waals surface area contributed by atoms with Crippen LogP contribution in [0.25, 0.3) is 22.7 Å². The van der Waals surface area contributed by atoms with Crippen LogP contribution in [0.2, 0.25) is 5.02 Å². The minimum Gasteiger partial charge on any atom is -0.340 e. The Morgan fingerprint density at radius 3 is 2.68 bits per heavy atom. The fraction of sp³-hybridized carbons (Fsp3) is 0.0769. The summed E-state index contributed by atoms with van der Waals surface area (Å²) in [7, 11) is 0. The van der Waals surface area contributed by atoms with E-state index in [-0.39, 0.29) is 5.91 Å². The lowest BCUT2D eigenvalue weighted by atomic mass is 10.0. The third-order valence-corrected chi connectivity index (χ3v) is 5.86. The Bertz CT molecular complexity index is 1560. The van der Waals surface area contributed by atoms with Gasteiger partial charge in [-0.25, -0.2) is 0 Å². The number of anilines is 1. The molecule has 3 aromatic carbocycles. The Balaban J connectivity index is 1.36. The van der Waals surface area contributed by atoms with Gasteiger partial charge in [-0.3, -0.25) is 14.7 Å². The molecule has 0 aliphatic heterocycles. The number of H-pyrrole nitrogens is 1. The molecule has 0 fully saturated rings. The number of rotatable bonds is 8. The zero-order valence-corrected chi connectivity index (χ0v) is 20.1. The maximum absolute atomic E-state index is 13.3. The largest absolute Gasteiger partial charge is 0.340 e. The van der Waals surface area contributed by atoms with Crippen LogP contribution in [0.15, 0.2) is 85.2 Å². The van der Waals surface area contributed by atoms with Crippen molar-refractivity contribution in [2.75, 3.05) is 5.32 Å². The van der Waals surface area contributed by atoms with Crippen molar-refractivity contribution in [1.82, 2.24) is 35.7 Å². The Morgan fingerprint density at radius 2 is 1.86 bits per heavy atom. The maximum Gasteiger partial charge on any atom is 0.248 e. The zero-order valence-electron chi connectivity index (χ0n) is 19.4. The summed E-state index contributed by atoms with van der Waals surface area (Å²) in [5.41, 5.74) is 2.96. The monoisotopic (exact) mass is 512 g/mol. The van der Waals surface area contributed by atoms with E-state index in [1.54, 1.807) is 24.3 Å². The molecule has 0 saturated carbocycles. The molecule has 0 saturated heterocycles. The van der Waals surface area contributed by atoms with Crippen LogP contribution in [0.3, 0.4) is 0 Å². The highest BCUT2D eigenvalue weighted by atomic mass is 35.5. The standard InChI is InChI=1S/C26H21ClN8O2/c27-19-11-12-23(35-16-28-33-34-35)18(15-19)10-13-24(36)29-22(14-17-6-2-1-3-7-17)26(37)30-25-20-8-4-5-9-21(20)31-32-25/h1-13,15-16,22H,14H2,(H,29,36)(H2,30,31,32,37)/b13-10+.